The zero-order valence-corrected chi connectivity index (χ0v) is 15.7. The molecule has 3 rings (SSSR count). The molecule has 1 aromatic carbocycles. The fourth-order valence-electron chi connectivity index (χ4n) is 2.60. The first-order valence-corrected chi connectivity index (χ1v) is 8.66. The van der Waals surface area contributed by atoms with Crippen molar-refractivity contribution in [3.63, 3.8) is 0 Å². The van der Waals surface area contributed by atoms with Gasteiger partial charge in [-0.25, -0.2) is 4.98 Å². The van der Waals surface area contributed by atoms with E-state index in [1.807, 2.05) is 6.07 Å². The third-order valence-corrected chi connectivity index (χ3v) is 4.08. The number of hydrogen-bond donors (Lipinski definition) is 1. The fraction of sp³-hybridized carbons (Fsp3) is 0.250. The number of nitrogens with zero attached hydrogens (tertiary/aromatic N) is 2. The number of hydrogen-bond acceptors (Lipinski definition) is 5. The van der Waals surface area contributed by atoms with E-state index in [0.717, 1.165) is 5.39 Å². The molecule has 9 heteroatoms. The van der Waals surface area contributed by atoms with E-state index in [1.165, 1.54) is 18.3 Å². The number of aromatic nitrogens is 2. The molecule has 0 aliphatic rings. The smallest absolute Gasteiger partial charge is 0.422 e. The molecule has 0 aliphatic carbocycles. The number of nitrogens with one attached hydrogen (secondary N) is 1. The number of methoxy groups -OCH3 is 1. The van der Waals surface area contributed by atoms with E-state index in [1.54, 1.807) is 38.3 Å². The van der Waals surface area contributed by atoms with E-state index in [0.29, 0.717) is 17.0 Å². The molecule has 3 aromatic rings. The van der Waals surface area contributed by atoms with Gasteiger partial charge in [0.15, 0.2) is 6.61 Å². The van der Waals surface area contributed by atoms with E-state index in [9.17, 15) is 18.0 Å². The third-order valence-electron chi connectivity index (χ3n) is 4.08. The summed E-state index contributed by atoms with van der Waals surface area (Å²) in [6.07, 6.45) is -3.23. The summed E-state index contributed by atoms with van der Waals surface area (Å²) in [5.74, 6) is 0.296. The Morgan fingerprint density at radius 3 is 2.55 bits per heavy atom. The topological polar surface area (TPSA) is 73.3 Å². The SMILES string of the molecule is COc1ccc2nc(C(=O)N[C@H](C)c3ccc(OCC(F)(F)F)cn3)ccc2c1. The second-order valence-electron chi connectivity index (χ2n) is 6.27. The average Bonchev–Trinajstić information content (AvgIpc) is 2.71. The Morgan fingerprint density at radius 1 is 1.14 bits per heavy atom. The van der Waals surface area contributed by atoms with Crippen LogP contribution in [0, 0.1) is 0 Å². The summed E-state index contributed by atoms with van der Waals surface area (Å²) in [5, 5.41) is 3.60. The van der Waals surface area contributed by atoms with Crippen LogP contribution in [-0.4, -0.2) is 35.8 Å². The summed E-state index contributed by atoms with van der Waals surface area (Å²) in [7, 11) is 1.57. The van der Waals surface area contributed by atoms with Crippen LogP contribution in [0.25, 0.3) is 10.9 Å². The molecule has 29 heavy (non-hydrogen) atoms. The van der Waals surface area contributed by atoms with Crippen molar-refractivity contribution in [1.29, 1.82) is 0 Å². The molecule has 6 nitrogen and oxygen atoms in total. The average molecular weight is 405 g/mol. The maximum Gasteiger partial charge on any atom is 0.422 e. The molecule has 2 heterocycles. The zero-order chi connectivity index (χ0) is 21.0. The molecule has 0 aliphatic heterocycles. The lowest BCUT2D eigenvalue weighted by Gasteiger charge is -2.14. The Balaban J connectivity index is 1.66. The predicted molar refractivity (Wildman–Crippen MR) is 100.0 cm³/mol. The summed E-state index contributed by atoms with van der Waals surface area (Å²) in [5.41, 5.74) is 1.36. The van der Waals surface area contributed by atoms with E-state index < -0.39 is 24.7 Å². The number of carbonyl (C=O) groups excluding carboxylic acids is 1. The maximum atomic E-state index is 12.5. The molecule has 0 spiro atoms. The van der Waals surface area contributed by atoms with Crippen LogP contribution < -0.4 is 14.8 Å². The second-order valence-corrected chi connectivity index (χ2v) is 6.27. The Bertz CT molecular complexity index is 1010. The van der Waals surface area contributed by atoms with Gasteiger partial charge in [-0.2, -0.15) is 13.2 Å². The van der Waals surface area contributed by atoms with Crippen molar-refractivity contribution in [2.24, 2.45) is 0 Å². The normalized spacial score (nSPS) is 12.4. The lowest BCUT2D eigenvalue weighted by Crippen LogP contribution is -2.28. The largest absolute Gasteiger partial charge is 0.497 e. The Kier molecular flexibility index (Phi) is 5.86. The number of carbonyl (C=O) groups is 1. The van der Waals surface area contributed by atoms with Gasteiger partial charge in [0.1, 0.15) is 17.2 Å². The van der Waals surface area contributed by atoms with Crippen LogP contribution in [0.2, 0.25) is 0 Å². The van der Waals surface area contributed by atoms with Crippen LogP contribution >= 0.6 is 0 Å². The monoisotopic (exact) mass is 405 g/mol. The Labute approximate surface area is 164 Å². The molecule has 0 radical (unpaired) electrons. The van der Waals surface area contributed by atoms with Gasteiger partial charge in [0.2, 0.25) is 0 Å². The van der Waals surface area contributed by atoms with Crippen LogP contribution in [0.15, 0.2) is 48.7 Å². The molecule has 1 amide bonds. The molecular weight excluding hydrogens is 387 g/mol. The van der Waals surface area contributed by atoms with Crippen LogP contribution in [-0.2, 0) is 0 Å². The minimum Gasteiger partial charge on any atom is -0.497 e. The molecule has 1 N–H and O–H groups in total. The quantitative estimate of drug-likeness (QED) is 0.669. The first kappa shape index (κ1) is 20.4. The van der Waals surface area contributed by atoms with Gasteiger partial charge < -0.3 is 14.8 Å². The Hall–Kier alpha value is -3.36. The molecule has 0 unspecified atom stereocenters. The number of amides is 1. The fourth-order valence-corrected chi connectivity index (χ4v) is 2.60. The van der Waals surface area contributed by atoms with Crippen molar-refractivity contribution in [1.82, 2.24) is 15.3 Å². The van der Waals surface area contributed by atoms with Gasteiger partial charge in [0.25, 0.3) is 5.91 Å². The number of rotatable bonds is 6. The molecule has 0 saturated carbocycles. The lowest BCUT2D eigenvalue weighted by atomic mass is 10.1. The molecule has 0 saturated heterocycles. The van der Waals surface area contributed by atoms with Crippen molar-refractivity contribution < 1.29 is 27.4 Å². The molecular formula is C20H18F3N3O3. The molecule has 0 fully saturated rings. The van der Waals surface area contributed by atoms with Crippen LogP contribution in [0.3, 0.4) is 0 Å². The van der Waals surface area contributed by atoms with Crippen molar-refractivity contribution in [3.05, 3.63) is 60.0 Å². The highest BCUT2D eigenvalue weighted by Crippen LogP contribution is 2.21. The maximum absolute atomic E-state index is 12.5. The number of pyridine rings is 2. The first-order chi connectivity index (χ1) is 13.7. The molecule has 2 aromatic heterocycles. The van der Waals surface area contributed by atoms with E-state index in [4.69, 9.17) is 4.74 Å². The Morgan fingerprint density at radius 2 is 1.90 bits per heavy atom. The van der Waals surface area contributed by atoms with Gasteiger partial charge >= 0.3 is 6.18 Å². The number of ether oxygens (including phenoxy) is 2. The van der Waals surface area contributed by atoms with Crippen molar-refractivity contribution in [2.45, 2.75) is 19.1 Å². The number of halogens is 3. The number of alkyl halides is 3. The van der Waals surface area contributed by atoms with Gasteiger partial charge in [-0.1, -0.05) is 6.07 Å². The van der Waals surface area contributed by atoms with Crippen LogP contribution in [0.1, 0.15) is 29.1 Å². The van der Waals surface area contributed by atoms with Crippen molar-refractivity contribution in [3.8, 4) is 11.5 Å². The van der Waals surface area contributed by atoms with Gasteiger partial charge in [0, 0.05) is 5.39 Å². The molecule has 152 valence electrons. The first-order valence-electron chi connectivity index (χ1n) is 8.66. The number of fused-ring (bicyclic) bond motifs is 1. The number of benzene rings is 1. The van der Waals surface area contributed by atoms with Gasteiger partial charge in [-0.15, -0.1) is 0 Å². The van der Waals surface area contributed by atoms with E-state index >= 15 is 0 Å². The highest BCUT2D eigenvalue weighted by atomic mass is 19.4. The lowest BCUT2D eigenvalue weighted by molar-refractivity contribution is -0.153. The van der Waals surface area contributed by atoms with E-state index in [2.05, 4.69) is 20.0 Å². The van der Waals surface area contributed by atoms with Crippen molar-refractivity contribution in [2.75, 3.05) is 13.7 Å². The highest BCUT2D eigenvalue weighted by molar-refractivity contribution is 5.95. The third kappa shape index (κ3) is 5.34. The minimum atomic E-state index is -4.42. The zero-order valence-electron chi connectivity index (χ0n) is 15.7. The highest BCUT2D eigenvalue weighted by Gasteiger charge is 2.28. The minimum absolute atomic E-state index is 0.00349. The van der Waals surface area contributed by atoms with Crippen LogP contribution in [0.5, 0.6) is 11.5 Å². The summed E-state index contributed by atoms with van der Waals surface area (Å²) < 4.78 is 46.3. The van der Waals surface area contributed by atoms with Gasteiger partial charge in [0.05, 0.1) is 30.6 Å². The van der Waals surface area contributed by atoms with Gasteiger partial charge in [-0.3, -0.25) is 9.78 Å². The summed E-state index contributed by atoms with van der Waals surface area (Å²) >= 11 is 0. The van der Waals surface area contributed by atoms with E-state index in [-0.39, 0.29) is 11.4 Å². The molecule has 0 bridgehead atoms. The summed E-state index contributed by atoms with van der Waals surface area (Å²) in [4.78, 5) is 20.9. The summed E-state index contributed by atoms with van der Waals surface area (Å²) in [6, 6.07) is 11.1. The predicted octanol–water partition coefficient (Wildman–Crippen LogP) is 4.07. The standard InChI is InChI=1S/C20H18F3N3O3/c1-12(16-7-5-15(10-24-16)29-11-20(21,22)23)25-19(27)18-6-3-13-9-14(28-2)4-8-17(13)26-18/h3-10,12H,11H2,1-2H3,(H,25,27)/t12-/m1/s1. The molecule has 1 atom stereocenters. The van der Waals surface area contributed by atoms with Crippen LogP contribution in [0.4, 0.5) is 13.2 Å². The van der Waals surface area contributed by atoms with Crippen molar-refractivity contribution >= 4 is 16.8 Å². The summed E-state index contributed by atoms with van der Waals surface area (Å²) in [6.45, 7) is 0.322. The second kappa shape index (κ2) is 8.34. The van der Waals surface area contributed by atoms with Gasteiger partial charge in [-0.05, 0) is 43.3 Å².